The summed E-state index contributed by atoms with van der Waals surface area (Å²) in [6, 6.07) is 5.02. The van der Waals surface area contributed by atoms with Gasteiger partial charge in [-0.1, -0.05) is 0 Å². The summed E-state index contributed by atoms with van der Waals surface area (Å²) in [5.74, 6) is -1.55. The molecule has 1 unspecified atom stereocenters. The van der Waals surface area contributed by atoms with Gasteiger partial charge in [0.25, 0.3) is 0 Å². The van der Waals surface area contributed by atoms with Gasteiger partial charge in [-0.05, 0) is 19.1 Å². The molecule has 6 heteroatoms. The second-order valence-corrected chi connectivity index (χ2v) is 3.99. The van der Waals surface area contributed by atoms with Gasteiger partial charge in [0.1, 0.15) is 5.92 Å². The van der Waals surface area contributed by atoms with Crippen LogP contribution in [0.2, 0.25) is 0 Å². The lowest BCUT2D eigenvalue weighted by Crippen LogP contribution is -2.35. The molecule has 1 aliphatic rings. The van der Waals surface area contributed by atoms with E-state index in [2.05, 4.69) is 0 Å². The molecular weight excluding hydrogens is 238 g/mol. The number of nitrogens with zero attached hydrogens (tertiary/aromatic N) is 1. The molecule has 1 atom stereocenters. The molecule has 0 saturated heterocycles. The van der Waals surface area contributed by atoms with E-state index in [9.17, 15) is 9.59 Å². The highest BCUT2D eigenvalue weighted by Gasteiger charge is 2.25. The molecule has 0 spiro atoms. The van der Waals surface area contributed by atoms with Crippen LogP contribution < -0.4 is 14.4 Å². The Kier molecular flexibility index (Phi) is 3.10. The molecule has 1 aliphatic heterocycles. The van der Waals surface area contributed by atoms with Gasteiger partial charge in [0.05, 0.1) is 0 Å². The summed E-state index contributed by atoms with van der Waals surface area (Å²) in [6.45, 7) is 1.51. The topological polar surface area (TPSA) is 76.1 Å². The van der Waals surface area contributed by atoms with Crippen molar-refractivity contribution in [2.75, 3.05) is 18.7 Å². The van der Waals surface area contributed by atoms with Crippen LogP contribution in [0.1, 0.15) is 6.92 Å². The molecule has 18 heavy (non-hydrogen) atoms. The minimum absolute atomic E-state index is 0.155. The van der Waals surface area contributed by atoms with Gasteiger partial charge in [-0.15, -0.1) is 0 Å². The number of benzene rings is 1. The van der Waals surface area contributed by atoms with E-state index in [4.69, 9.17) is 14.6 Å². The number of carbonyl (C=O) groups excluding carboxylic acids is 1. The number of aliphatic carboxylic acids is 1. The molecule has 1 aromatic carbocycles. The van der Waals surface area contributed by atoms with Crippen LogP contribution in [0.5, 0.6) is 11.5 Å². The number of ether oxygens (including phenoxy) is 2. The maximum atomic E-state index is 11.9. The number of hydrogen-bond donors (Lipinski definition) is 1. The minimum atomic E-state index is -1.15. The van der Waals surface area contributed by atoms with Crippen molar-refractivity contribution in [2.45, 2.75) is 6.92 Å². The molecular formula is C12H13NO5. The summed E-state index contributed by atoms with van der Waals surface area (Å²) in [5.41, 5.74) is 0.567. The second-order valence-electron chi connectivity index (χ2n) is 3.99. The van der Waals surface area contributed by atoms with Gasteiger partial charge >= 0.3 is 5.97 Å². The molecule has 0 aliphatic carbocycles. The minimum Gasteiger partial charge on any atom is -0.481 e. The molecule has 0 saturated carbocycles. The first-order valence-electron chi connectivity index (χ1n) is 5.40. The van der Waals surface area contributed by atoms with Gasteiger partial charge in [-0.25, -0.2) is 0 Å². The largest absolute Gasteiger partial charge is 0.481 e. The van der Waals surface area contributed by atoms with Crippen LogP contribution in [0.3, 0.4) is 0 Å². The zero-order valence-electron chi connectivity index (χ0n) is 10.0. The SMILES string of the molecule is CC(C(=O)O)C(=O)N(C)c1ccc2c(c1)OCO2. The van der Waals surface area contributed by atoms with E-state index >= 15 is 0 Å². The van der Waals surface area contributed by atoms with Crippen molar-refractivity contribution in [1.82, 2.24) is 0 Å². The molecule has 0 fully saturated rings. The molecule has 0 radical (unpaired) electrons. The second kappa shape index (κ2) is 4.56. The summed E-state index contributed by atoms with van der Waals surface area (Å²) in [6.07, 6.45) is 0. The van der Waals surface area contributed by atoms with Crippen molar-refractivity contribution < 1.29 is 24.2 Å². The Morgan fingerprint density at radius 3 is 2.67 bits per heavy atom. The molecule has 0 aromatic heterocycles. The van der Waals surface area contributed by atoms with Crippen LogP contribution in [0.25, 0.3) is 0 Å². The smallest absolute Gasteiger partial charge is 0.315 e. The summed E-state index contributed by atoms with van der Waals surface area (Å²) in [4.78, 5) is 23.9. The number of rotatable bonds is 3. The van der Waals surface area contributed by atoms with E-state index in [0.29, 0.717) is 17.2 Å². The van der Waals surface area contributed by atoms with E-state index < -0.39 is 17.8 Å². The molecule has 1 heterocycles. The molecule has 0 bridgehead atoms. The molecule has 2 rings (SSSR count). The zero-order valence-corrected chi connectivity index (χ0v) is 10.0. The fraction of sp³-hybridized carbons (Fsp3) is 0.333. The highest BCUT2D eigenvalue weighted by molar-refractivity contribution is 6.05. The van der Waals surface area contributed by atoms with Crippen molar-refractivity contribution in [3.05, 3.63) is 18.2 Å². The van der Waals surface area contributed by atoms with Crippen LogP contribution in [0.15, 0.2) is 18.2 Å². The quantitative estimate of drug-likeness (QED) is 0.814. The van der Waals surface area contributed by atoms with Crippen LogP contribution in [-0.4, -0.2) is 30.8 Å². The number of carboxylic acids is 1. The van der Waals surface area contributed by atoms with Crippen LogP contribution in [-0.2, 0) is 9.59 Å². The van der Waals surface area contributed by atoms with Crippen LogP contribution in [0, 0.1) is 5.92 Å². The van der Waals surface area contributed by atoms with Gasteiger partial charge in [0.2, 0.25) is 12.7 Å². The van der Waals surface area contributed by atoms with Crippen molar-refractivity contribution in [3.63, 3.8) is 0 Å². The lowest BCUT2D eigenvalue weighted by atomic mass is 10.1. The number of carbonyl (C=O) groups is 2. The molecule has 1 N–H and O–H groups in total. The number of amides is 1. The van der Waals surface area contributed by atoms with E-state index in [1.807, 2.05) is 0 Å². The zero-order chi connectivity index (χ0) is 13.3. The van der Waals surface area contributed by atoms with Crippen molar-refractivity contribution in [1.29, 1.82) is 0 Å². The predicted molar refractivity (Wildman–Crippen MR) is 62.8 cm³/mol. The Bertz CT molecular complexity index is 499. The lowest BCUT2D eigenvalue weighted by Gasteiger charge is -2.19. The van der Waals surface area contributed by atoms with Gasteiger partial charge in [0, 0.05) is 18.8 Å². The molecule has 1 aromatic rings. The fourth-order valence-electron chi connectivity index (χ4n) is 1.62. The van der Waals surface area contributed by atoms with Crippen molar-refractivity contribution >= 4 is 17.6 Å². The van der Waals surface area contributed by atoms with E-state index in [1.54, 1.807) is 18.2 Å². The first-order valence-corrected chi connectivity index (χ1v) is 5.40. The Balaban J connectivity index is 2.21. The van der Waals surface area contributed by atoms with Gasteiger partial charge in [0.15, 0.2) is 11.5 Å². The maximum Gasteiger partial charge on any atom is 0.315 e. The lowest BCUT2D eigenvalue weighted by molar-refractivity contribution is -0.145. The monoisotopic (exact) mass is 251 g/mol. The normalized spacial score (nSPS) is 14.1. The standard InChI is InChI=1S/C12H13NO5/c1-7(12(15)16)11(14)13(2)8-3-4-9-10(5-8)18-6-17-9/h3-5,7H,6H2,1-2H3,(H,15,16). The highest BCUT2D eigenvalue weighted by Crippen LogP contribution is 2.35. The third-order valence-corrected chi connectivity index (χ3v) is 2.81. The van der Waals surface area contributed by atoms with E-state index in [-0.39, 0.29) is 6.79 Å². The van der Waals surface area contributed by atoms with Crippen LogP contribution >= 0.6 is 0 Å². The number of carboxylic acid groups (broad SMARTS) is 1. The Morgan fingerprint density at radius 1 is 1.33 bits per heavy atom. The van der Waals surface area contributed by atoms with Crippen molar-refractivity contribution in [2.24, 2.45) is 5.92 Å². The van der Waals surface area contributed by atoms with E-state index in [1.165, 1.54) is 18.9 Å². The number of hydrogen-bond acceptors (Lipinski definition) is 4. The first-order chi connectivity index (χ1) is 8.50. The number of fused-ring (bicyclic) bond motifs is 1. The average Bonchev–Trinajstić information content (AvgIpc) is 2.82. The van der Waals surface area contributed by atoms with E-state index in [0.717, 1.165) is 0 Å². The maximum absolute atomic E-state index is 11.9. The molecule has 6 nitrogen and oxygen atoms in total. The van der Waals surface area contributed by atoms with Crippen LogP contribution in [0.4, 0.5) is 5.69 Å². The third-order valence-electron chi connectivity index (χ3n) is 2.81. The predicted octanol–water partition coefficient (Wildman–Crippen LogP) is 1.10. The average molecular weight is 251 g/mol. The third kappa shape index (κ3) is 2.09. The number of anilines is 1. The van der Waals surface area contributed by atoms with Gasteiger partial charge < -0.3 is 19.5 Å². The summed E-state index contributed by atoms with van der Waals surface area (Å²) >= 11 is 0. The Morgan fingerprint density at radius 2 is 2.00 bits per heavy atom. The Hall–Kier alpha value is -2.24. The summed E-state index contributed by atoms with van der Waals surface area (Å²) in [7, 11) is 1.53. The summed E-state index contributed by atoms with van der Waals surface area (Å²) in [5, 5.41) is 8.81. The van der Waals surface area contributed by atoms with Gasteiger partial charge in [-0.2, -0.15) is 0 Å². The van der Waals surface area contributed by atoms with Gasteiger partial charge in [-0.3, -0.25) is 9.59 Å². The van der Waals surface area contributed by atoms with Crippen molar-refractivity contribution in [3.8, 4) is 11.5 Å². The summed E-state index contributed by atoms with van der Waals surface area (Å²) < 4.78 is 10.4. The molecule has 1 amide bonds. The highest BCUT2D eigenvalue weighted by atomic mass is 16.7. The molecule has 96 valence electrons. The fourth-order valence-corrected chi connectivity index (χ4v) is 1.62. The Labute approximate surface area is 104 Å². The first kappa shape index (κ1) is 12.2.